The molecule has 2 aliphatic heterocycles. The van der Waals surface area contributed by atoms with Gasteiger partial charge in [-0.15, -0.1) is 0 Å². The molecule has 1 aromatic rings. The molecule has 2 atom stereocenters. The van der Waals surface area contributed by atoms with Crippen molar-refractivity contribution < 1.29 is 18.3 Å². The zero-order valence-electron chi connectivity index (χ0n) is 11.7. The van der Waals surface area contributed by atoms with E-state index in [2.05, 4.69) is 10.1 Å². The number of aliphatic carboxylic acids is 1. The first kappa shape index (κ1) is 14.5. The number of aryl methyl sites for hydroxylation is 1. The normalized spacial score (nSPS) is 28.0. The molecule has 1 saturated heterocycles. The Morgan fingerprint density at radius 1 is 1.38 bits per heavy atom. The highest BCUT2D eigenvalue weighted by Gasteiger charge is 2.29. The maximum absolute atomic E-state index is 11.7. The minimum atomic E-state index is -2.91. The van der Waals surface area contributed by atoms with Crippen molar-refractivity contribution in [2.45, 2.75) is 38.6 Å². The summed E-state index contributed by atoms with van der Waals surface area (Å²) >= 11 is 0. The Morgan fingerprint density at radius 2 is 2.19 bits per heavy atom. The van der Waals surface area contributed by atoms with Crippen LogP contribution >= 0.6 is 0 Å². The molecule has 3 rings (SSSR count). The van der Waals surface area contributed by atoms with Gasteiger partial charge in [0.1, 0.15) is 5.82 Å². The number of carbonyl (C=O) groups is 1. The fourth-order valence-electron chi connectivity index (χ4n) is 3.19. The van der Waals surface area contributed by atoms with Crippen LogP contribution in [0.15, 0.2) is 0 Å². The Labute approximate surface area is 123 Å². The molecular formula is C13H19N3O4S. The van der Waals surface area contributed by atoms with E-state index in [1.54, 1.807) is 4.68 Å². The molecule has 0 spiro atoms. The van der Waals surface area contributed by atoms with Crippen molar-refractivity contribution in [3.63, 3.8) is 0 Å². The van der Waals surface area contributed by atoms with Crippen LogP contribution in [0, 0.1) is 11.8 Å². The van der Waals surface area contributed by atoms with Gasteiger partial charge in [0, 0.05) is 12.8 Å². The van der Waals surface area contributed by atoms with E-state index in [0.29, 0.717) is 38.1 Å². The molecule has 8 heteroatoms. The molecule has 116 valence electrons. The zero-order valence-corrected chi connectivity index (χ0v) is 12.5. The molecular weight excluding hydrogens is 294 g/mol. The van der Waals surface area contributed by atoms with Crippen LogP contribution in [0.2, 0.25) is 0 Å². The van der Waals surface area contributed by atoms with Gasteiger partial charge in [-0.3, -0.25) is 4.79 Å². The lowest BCUT2D eigenvalue weighted by molar-refractivity contribution is -0.142. The first-order chi connectivity index (χ1) is 9.93. The minimum Gasteiger partial charge on any atom is -0.481 e. The molecule has 2 aliphatic rings. The number of aromatic nitrogens is 3. The predicted molar refractivity (Wildman–Crippen MR) is 74.6 cm³/mol. The Morgan fingerprint density at radius 3 is 2.90 bits per heavy atom. The minimum absolute atomic E-state index is 0.0865. The van der Waals surface area contributed by atoms with Gasteiger partial charge >= 0.3 is 5.97 Å². The number of nitrogens with zero attached hydrogens (tertiary/aromatic N) is 3. The van der Waals surface area contributed by atoms with Crippen molar-refractivity contribution in [3.05, 3.63) is 11.6 Å². The Bertz CT molecular complexity index is 652. The number of hydrogen-bond acceptors (Lipinski definition) is 5. The second kappa shape index (κ2) is 5.40. The van der Waals surface area contributed by atoms with Crippen LogP contribution in [0.3, 0.4) is 0 Å². The quantitative estimate of drug-likeness (QED) is 0.860. The van der Waals surface area contributed by atoms with Gasteiger partial charge in [-0.2, -0.15) is 5.10 Å². The van der Waals surface area contributed by atoms with E-state index in [-0.39, 0.29) is 17.4 Å². The molecule has 0 aromatic carbocycles. The Balaban J connectivity index is 1.69. The van der Waals surface area contributed by atoms with Crippen molar-refractivity contribution in [2.24, 2.45) is 11.8 Å². The first-order valence-corrected chi connectivity index (χ1v) is 9.11. The smallest absolute Gasteiger partial charge is 0.308 e. The summed E-state index contributed by atoms with van der Waals surface area (Å²) in [6.07, 6.45) is 3.37. The highest BCUT2D eigenvalue weighted by Crippen LogP contribution is 2.23. The molecule has 0 amide bonds. The SMILES string of the molecule is O=C(O)C1CCc2nc(CC3CCCS(=O)(=O)C3)nn2C1. The molecule has 21 heavy (non-hydrogen) atoms. The largest absolute Gasteiger partial charge is 0.481 e. The number of carboxylic acid groups (broad SMARTS) is 1. The van der Waals surface area contributed by atoms with Gasteiger partial charge in [0.2, 0.25) is 0 Å². The van der Waals surface area contributed by atoms with E-state index in [1.165, 1.54) is 0 Å². The summed E-state index contributed by atoms with van der Waals surface area (Å²) in [6.45, 7) is 0.362. The van der Waals surface area contributed by atoms with Crippen LogP contribution in [-0.4, -0.2) is 45.8 Å². The summed E-state index contributed by atoms with van der Waals surface area (Å²) in [5.74, 6) is 0.867. The summed E-state index contributed by atoms with van der Waals surface area (Å²) in [5, 5.41) is 13.4. The second-order valence-corrected chi connectivity index (χ2v) is 8.26. The first-order valence-electron chi connectivity index (χ1n) is 7.29. The lowest BCUT2D eigenvalue weighted by Gasteiger charge is -2.20. The third kappa shape index (κ3) is 3.25. The molecule has 1 N–H and O–H groups in total. The van der Waals surface area contributed by atoms with Crippen LogP contribution < -0.4 is 0 Å². The van der Waals surface area contributed by atoms with Crippen molar-refractivity contribution >= 4 is 15.8 Å². The highest BCUT2D eigenvalue weighted by atomic mass is 32.2. The van der Waals surface area contributed by atoms with Crippen LogP contribution in [0.5, 0.6) is 0 Å². The van der Waals surface area contributed by atoms with Crippen LogP contribution in [-0.2, 0) is 34.0 Å². The van der Waals surface area contributed by atoms with Crippen molar-refractivity contribution in [1.29, 1.82) is 0 Å². The lowest BCUT2D eigenvalue weighted by Crippen LogP contribution is -2.27. The fraction of sp³-hybridized carbons (Fsp3) is 0.769. The van der Waals surface area contributed by atoms with Crippen LogP contribution in [0.1, 0.15) is 30.9 Å². The summed E-state index contributed by atoms with van der Waals surface area (Å²) in [5.41, 5.74) is 0. The molecule has 7 nitrogen and oxygen atoms in total. The van der Waals surface area contributed by atoms with Gasteiger partial charge in [0.15, 0.2) is 15.7 Å². The van der Waals surface area contributed by atoms with Crippen LogP contribution in [0.25, 0.3) is 0 Å². The van der Waals surface area contributed by atoms with Gasteiger partial charge in [0.25, 0.3) is 0 Å². The van der Waals surface area contributed by atoms with Crippen molar-refractivity contribution in [2.75, 3.05) is 11.5 Å². The summed E-state index contributed by atoms with van der Waals surface area (Å²) in [4.78, 5) is 15.5. The van der Waals surface area contributed by atoms with Gasteiger partial charge in [-0.25, -0.2) is 18.1 Å². The van der Waals surface area contributed by atoms with E-state index in [1.807, 2.05) is 0 Å². The lowest BCUT2D eigenvalue weighted by atomic mass is 10.0. The van der Waals surface area contributed by atoms with Gasteiger partial charge in [0.05, 0.1) is 24.0 Å². The van der Waals surface area contributed by atoms with E-state index in [9.17, 15) is 13.2 Å². The van der Waals surface area contributed by atoms with E-state index in [4.69, 9.17) is 5.11 Å². The highest BCUT2D eigenvalue weighted by molar-refractivity contribution is 7.91. The van der Waals surface area contributed by atoms with Crippen molar-refractivity contribution in [1.82, 2.24) is 14.8 Å². The van der Waals surface area contributed by atoms with Gasteiger partial charge < -0.3 is 5.11 Å². The summed E-state index contributed by atoms with van der Waals surface area (Å²) in [6, 6.07) is 0. The maximum Gasteiger partial charge on any atom is 0.308 e. The predicted octanol–water partition coefficient (Wildman–Crippen LogP) is 0.292. The molecule has 0 bridgehead atoms. The van der Waals surface area contributed by atoms with E-state index < -0.39 is 21.7 Å². The standard InChI is InChI=1S/C13H19N3O4S/c17-13(18)10-3-4-12-14-11(15-16(12)7-10)6-9-2-1-5-21(19,20)8-9/h9-10H,1-8H2,(H,17,18). The molecule has 0 radical (unpaired) electrons. The average molecular weight is 313 g/mol. The topological polar surface area (TPSA) is 102 Å². The van der Waals surface area contributed by atoms with Crippen LogP contribution in [0.4, 0.5) is 0 Å². The summed E-state index contributed by atoms with van der Waals surface area (Å²) < 4.78 is 25.0. The van der Waals surface area contributed by atoms with Gasteiger partial charge in [-0.05, 0) is 25.2 Å². The molecule has 0 aliphatic carbocycles. The third-order valence-corrected chi connectivity index (χ3v) is 6.17. The maximum atomic E-state index is 11.7. The van der Waals surface area contributed by atoms with E-state index >= 15 is 0 Å². The average Bonchev–Trinajstić information content (AvgIpc) is 2.78. The second-order valence-electron chi connectivity index (χ2n) is 6.03. The number of sulfone groups is 1. The molecule has 1 aromatic heterocycles. The fourth-order valence-corrected chi connectivity index (χ4v) is 4.96. The van der Waals surface area contributed by atoms with Gasteiger partial charge in [-0.1, -0.05) is 0 Å². The monoisotopic (exact) mass is 313 g/mol. The molecule has 0 saturated carbocycles. The molecule has 3 heterocycles. The Hall–Kier alpha value is -1.44. The number of hydrogen-bond donors (Lipinski definition) is 1. The number of fused-ring (bicyclic) bond motifs is 1. The summed E-state index contributed by atoms with van der Waals surface area (Å²) in [7, 11) is -2.91. The molecule has 1 fully saturated rings. The Kier molecular flexibility index (Phi) is 3.73. The zero-order chi connectivity index (χ0) is 15.0. The van der Waals surface area contributed by atoms with Crippen molar-refractivity contribution in [3.8, 4) is 0 Å². The van der Waals surface area contributed by atoms with E-state index in [0.717, 1.165) is 12.2 Å². The number of carboxylic acids is 1. The third-order valence-electron chi connectivity index (χ3n) is 4.28. The molecule has 2 unspecified atom stereocenters. The number of rotatable bonds is 3.